The SMILES string of the molecule is CC1C2=C(C3C4CCC4C13)C1C2C2C3CCC(C3)C12. The molecule has 19 heavy (non-hydrogen) atoms. The van der Waals surface area contributed by atoms with Crippen molar-refractivity contribution in [2.45, 2.75) is 39.0 Å². The highest BCUT2D eigenvalue weighted by molar-refractivity contribution is 5.51. The lowest BCUT2D eigenvalue weighted by molar-refractivity contribution is -0.0991. The van der Waals surface area contributed by atoms with Crippen LogP contribution in [0.15, 0.2) is 11.1 Å². The molecule has 11 atom stereocenters. The van der Waals surface area contributed by atoms with Crippen LogP contribution in [-0.4, -0.2) is 0 Å². The summed E-state index contributed by atoms with van der Waals surface area (Å²) >= 11 is 0. The predicted molar refractivity (Wildman–Crippen MR) is 74.2 cm³/mol. The largest absolute Gasteiger partial charge is 0.0632 e. The second-order valence-electron chi connectivity index (χ2n) is 9.25. The van der Waals surface area contributed by atoms with E-state index in [1.165, 1.54) is 35.5 Å². The summed E-state index contributed by atoms with van der Waals surface area (Å²) in [6.45, 7) is 2.62. The van der Waals surface area contributed by atoms with Gasteiger partial charge in [-0.25, -0.2) is 0 Å². The third kappa shape index (κ3) is 0.727. The number of allylic oxidation sites excluding steroid dienone is 2. The minimum absolute atomic E-state index is 1.02. The summed E-state index contributed by atoms with van der Waals surface area (Å²) < 4.78 is 0. The molecule has 0 nitrogen and oxygen atoms in total. The van der Waals surface area contributed by atoms with Gasteiger partial charge in [-0.2, -0.15) is 0 Å². The van der Waals surface area contributed by atoms with Gasteiger partial charge >= 0.3 is 0 Å². The van der Waals surface area contributed by atoms with Crippen LogP contribution in [-0.2, 0) is 0 Å². The Bertz CT molecular complexity index is 542. The first-order chi connectivity index (χ1) is 9.36. The molecule has 5 saturated carbocycles. The average Bonchev–Trinajstić information content (AvgIpc) is 2.94. The summed E-state index contributed by atoms with van der Waals surface area (Å²) in [5, 5.41) is 0. The van der Waals surface area contributed by atoms with Crippen molar-refractivity contribution in [2.75, 3.05) is 0 Å². The first-order valence-corrected chi connectivity index (χ1v) is 9.10. The summed E-state index contributed by atoms with van der Waals surface area (Å²) in [6.07, 6.45) is 8.02. The molecule has 0 N–H and O–H groups in total. The van der Waals surface area contributed by atoms with Gasteiger partial charge in [0.15, 0.2) is 0 Å². The van der Waals surface area contributed by atoms with Gasteiger partial charge in [-0.3, -0.25) is 0 Å². The van der Waals surface area contributed by atoms with Gasteiger partial charge in [0.1, 0.15) is 0 Å². The van der Waals surface area contributed by atoms with Crippen LogP contribution in [0.2, 0.25) is 0 Å². The molecule has 0 aliphatic heterocycles. The summed E-state index contributed by atoms with van der Waals surface area (Å²) in [5.41, 5.74) is 4.18. The fourth-order valence-corrected chi connectivity index (χ4v) is 9.06. The molecule has 0 spiro atoms. The normalized spacial score (nSPS) is 72.8. The highest BCUT2D eigenvalue weighted by Gasteiger charge is 2.75. The molecular weight excluding hydrogens is 228 g/mol. The maximum Gasteiger partial charge on any atom is -0.00947 e. The molecule has 7 rings (SSSR count). The molecule has 0 radical (unpaired) electrons. The Labute approximate surface area is 116 Å². The molecule has 7 aliphatic carbocycles. The molecule has 11 unspecified atom stereocenters. The molecule has 0 amide bonds. The van der Waals surface area contributed by atoms with Gasteiger partial charge in [-0.15, -0.1) is 0 Å². The fraction of sp³-hybridized carbons (Fsp3) is 0.895. The van der Waals surface area contributed by atoms with E-state index in [4.69, 9.17) is 0 Å². The first kappa shape index (κ1) is 9.64. The van der Waals surface area contributed by atoms with Gasteiger partial charge in [0.25, 0.3) is 0 Å². The van der Waals surface area contributed by atoms with E-state index in [0.29, 0.717) is 0 Å². The van der Waals surface area contributed by atoms with Crippen molar-refractivity contribution < 1.29 is 0 Å². The second kappa shape index (κ2) is 2.60. The minimum Gasteiger partial charge on any atom is -0.0632 e. The highest BCUT2D eigenvalue weighted by Crippen LogP contribution is 2.82. The quantitative estimate of drug-likeness (QED) is 0.569. The fourth-order valence-electron chi connectivity index (χ4n) is 9.06. The van der Waals surface area contributed by atoms with Crippen LogP contribution in [0.3, 0.4) is 0 Å². The zero-order chi connectivity index (χ0) is 12.0. The first-order valence-electron chi connectivity index (χ1n) is 9.10. The van der Waals surface area contributed by atoms with Crippen LogP contribution in [0.5, 0.6) is 0 Å². The molecule has 0 aromatic heterocycles. The molecule has 0 saturated heterocycles. The van der Waals surface area contributed by atoms with E-state index in [-0.39, 0.29) is 0 Å². The van der Waals surface area contributed by atoms with Crippen molar-refractivity contribution in [1.82, 2.24) is 0 Å². The number of hydrogen-bond donors (Lipinski definition) is 0. The summed E-state index contributed by atoms with van der Waals surface area (Å²) in [7, 11) is 0. The molecule has 7 aliphatic rings. The molecule has 0 aromatic carbocycles. The van der Waals surface area contributed by atoms with E-state index in [1.54, 1.807) is 32.1 Å². The van der Waals surface area contributed by atoms with Crippen molar-refractivity contribution in [3.63, 3.8) is 0 Å². The summed E-state index contributed by atoms with van der Waals surface area (Å²) in [6, 6.07) is 0. The highest BCUT2D eigenvalue weighted by atomic mass is 14.8. The standard InChI is InChI=1S/C19H24/c1-7-12-10-4-5-11(10)16(12)18-13(7)17-14-8-2-3-9(6-8)15(14)19(17)18/h7-12,14-17,19H,2-6H2,1H3. The Hall–Kier alpha value is -0.260. The van der Waals surface area contributed by atoms with Crippen molar-refractivity contribution in [1.29, 1.82) is 0 Å². The second-order valence-corrected chi connectivity index (χ2v) is 9.25. The van der Waals surface area contributed by atoms with E-state index in [1.807, 2.05) is 0 Å². The zero-order valence-electron chi connectivity index (χ0n) is 11.9. The van der Waals surface area contributed by atoms with Crippen LogP contribution in [0.4, 0.5) is 0 Å². The predicted octanol–water partition coefficient (Wildman–Crippen LogP) is 4.13. The topological polar surface area (TPSA) is 0 Å². The Kier molecular flexibility index (Phi) is 1.32. The Morgan fingerprint density at radius 1 is 0.684 bits per heavy atom. The maximum atomic E-state index is 2.62. The Morgan fingerprint density at radius 2 is 1.37 bits per heavy atom. The molecule has 2 bridgehead atoms. The lowest BCUT2D eigenvalue weighted by atomic mass is 9.39. The van der Waals surface area contributed by atoms with E-state index >= 15 is 0 Å². The van der Waals surface area contributed by atoms with Crippen molar-refractivity contribution >= 4 is 0 Å². The van der Waals surface area contributed by atoms with Crippen LogP contribution in [0.1, 0.15) is 39.0 Å². The molecule has 0 heteroatoms. The van der Waals surface area contributed by atoms with Crippen LogP contribution >= 0.6 is 0 Å². The van der Waals surface area contributed by atoms with Gasteiger partial charge in [0, 0.05) is 0 Å². The van der Waals surface area contributed by atoms with Gasteiger partial charge < -0.3 is 0 Å². The van der Waals surface area contributed by atoms with Crippen LogP contribution in [0.25, 0.3) is 0 Å². The molecule has 0 heterocycles. The van der Waals surface area contributed by atoms with E-state index < -0.39 is 0 Å². The van der Waals surface area contributed by atoms with Gasteiger partial charge in [0.2, 0.25) is 0 Å². The smallest absolute Gasteiger partial charge is 0.00947 e. The van der Waals surface area contributed by atoms with Crippen LogP contribution < -0.4 is 0 Å². The number of fused-ring (bicyclic) bond motifs is 15. The monoisotopic (exact) mass is 252 g/mol. The summed E-state index contributed by atoms with van der Waals surface area (Å²) in [4.78, 5) is 0. The third-order valence-corrected chi connectivity index (χ3v) is 9.50. The summed E-state index contributed by atoms with van der Waals surface area (Å²) in [5.74, 6) is 12.7. The molecule has 100 valence electrons. The van der Waals surface area contributed by atoms with Crippen molar-refractivity contribution in [3.05, 3.63) is 11.1 Å². The zero-order valence-corrected chi connectivity index (χ0v) is 11.9. The molecule has 5 fully saturated rings. The lowest BCUT2D eigenvalue weighted by Crippen LogP contribution is -2.59. The van der Waals surface area contributed by atoms with E-state index in [2.05, 4.69) is 18.1 Å². The lowest BCUT2D eigenvalue weighted by Gasteiger charge is -2.65. The molecular formula is C19H24. The van der Waals surface area contributed by atoms with Crippen molar-refractivity contribution in [2.24, 2.45) is 65.1 Å². The maximum absolute atomic E-state index is 2.62. The van der Waals surface area contributed by atoms with Gasteiger partial charge in [-0.05, 0) is 97.2 Å². The minimum atomic E-state index is 1.02. The van der Waals surface area contributed by atoms with Gasteiger partial charge in [0.05, 0.1) is 0 Å². The van der Waals surface area contributed by atoms with Gasteiger partial charge in [-0.1, -0.05) is 18.1 Å². The van der Waals surface area contributed by atoms with E-state index in [0.717, 1.165) is 29.6 Å². The van der Waals surface area contributed by atoms with Crippen LogP contribution in [0, 0.1) is 65.1 Å². The number of rotatable bonds is 0. The Balaban J connectivity index is 1.34. The average molecular weight is 252 g/mol. The van der Waals surface area contributed by atoms with Crippen molar-refractivity contribution in [3.8, 4) is 0 Å². The number of hydrogen-bond acceptors (Lipinski definition) is 0. The third-order valence-electron chi connectivity index (χ3n) is 9.50. The van der Waals surface area contributed by atoms with E-state index in [9.17, 15) is 0 Å². The Morgan fingerprint density at radius 3 is 2.05 bits per heavy atom. The molecule has 0 aromatic rings.